The molecule has 1 heterocycles. The molecular formula is C20H29N3O2. The average Bonchev–Trinajstić information content (AvgIpc) is 3.38. The molecule has 2 N–H and O–H groups in total. The minimum absolute atomic E-state index is 0.0197. The number of anilines is 1. The minimum Gasteiger partial charge on any atom is -0.349 e. The quantitative estimate of drug-likeness (QED) is 0.834. The van der Waals surface area contributed by atoms with Gasteiger partial charge >= 0.3 is 0 Å². The van der Waals surface area contributed by atoms with Crippen molar-refractivity contribution >= 4 is 17.5 Å². The van der Waals surface area contributed by atoms with Gasteiger partial charge in [-0.2, -0.15) is 0 Å². The van der Waals surface area contributed by atoms with Crippen molar-refractivity contribution in [3.05, 3.63) is 29.8 Å². The van der Waals surface area contributed by atoms with E-state index in [1.807, 2.05) is 12.1 Å². The molecule has 1 aliphatic carbocycles. The molecule has 5 heteroatoms. The van der Waals surface area contributed by atoms with Gasteiger partial charge in [0.2, 0.25) is 5.91 Å². The molecule has 2 fully saturated rings. The fourth-order valence-electron chi connectivity index (χ4n) is 3.29. The van der Waals surface area contributed by atoms with Gasteiger partial charge in [0.15, 0.2) is 0 Å². The lowest BCUT2D eigenvalue weighted by atomic mass is 10.1. The van der Waals surface area contributed by atoms with Gasteiger partial charge in [0.05, 0.1) is 11.3 Å². The zero-order valence-electron chi connectivity index (χ0n) is 14.9. The van der Waals surface area contributed by atoms with E-state index in [1.54, 1.807) is 12.1 Å². The first kappa shape index (κ1) is 17.9. The predicted octanol–water partition coefficient (Wildman–Crippen LogP) is 3.17. The van der Waals surface area contributed by atoms with Crippen molar-refractivity contribution in [2.24, 2.45) is 0 Å². The zero-order valence-corrected chi connectivity index (χ0v) is 14.9. The Morgan fingerprint density at radius 3 is 2.40 bits per heavy atom. The maximum absolute atomic E-state index is 12.3. The predicted molar refractivity (Wildman–Crippen MR) is 99.7 cm³/mol. The van der Waals surface area contributed by atoms with Crippen molar-refractivity contribution in [2.75, 3.05) is 25.0 Å². The number of nitrogens with one attached hydrogen (secondary N) is 2. The second-order valence-electron chi connectivity index (χ2n) is 7.20. The summed E-state index contributed by atoms with van der Waals surface area (Å²) < 4.78 is 0. The van der Waals surface area contributed by atoms with Crippen molar-refractivity contribution < 1.29 is 9.59 Å². The van der Waals surface area contributed by atoms with Crippen LogP contribution in [0.1, 0.15) is 61.7 Å². The second-order valence-corrected chi connectivity index (χ2v) is 7.20. The molecule has 5 nitrogen and oxygen atoms in total. The van der Waals surface area contributed by atoms with Gasteiger partial charge in [-0.15, -0.1) is 0 Å². The van der Waals surface area contributed by atoms with Crippen LogP contribution in [0.2, 0.25) is 0 Å². The van der Waals surface area contributed by atoms with Gasteiger partial charge in [-0.05, 0) is 50.9 Å². The Kier molecular flexibility index (Phi) is 6.45. The third-order valence-corrected chi connectivity index (χ3v) is 4.96. The first-order valence-corrected chi connectivity index (χ1v) is 9.64. The van der Waals surface area contributed by atoms with Crippen LogP contribution in [0, 0.1) is 0 Å². The van der Waals surface area contributed by atoms with Crippen molar-refractivity contribution in [1.82, 2.24) is 10.2 Å². The highest BCUT2D eigenvalue weighted by Gasteiger charge is 2.25. The summed E-state index contributed by atoms with van der Waals surface area (Å²) in [5.41, 5.74) is 1.16. The van der Waals surface area contributed by atoms with Crippen LogP contribution in [0.25, 0.3) is 0 Å². The lowest BCUT2D eigenvalue weighted by Gasteiger charge is -2.24. The van der Waals surface area contributed by atoms with Crippen molar-refractivity contribution in [3.8, 4) is 0 Å². The SMILES string of the molecule is O=C(CCN1CCCCCCC1)Nc1ccccc1C(=O)NC1CC1. The number of likely N-dealkylation sites (tertiary alicyclic amines) is 1. The molecule has 2 aliphatic rings. The number of carbonyl (C=O) groups is 2. The topological polar surface area (TPSA) is 61.4 Å². The molecule has 3 rings (SSSR count). The molecule has 0 atom stereocenters. The maximum atomic E-state index is 12.3. The molecule has 136 valence electrons. The van der Waals surface area contributed by atoms with Crippen LogP contribution < -0.4 is 10.6 Å². The summed E-state index contributed by atoms with van der Waals surface area (Å²) in [6, 6.07) is 7.56. The molecule has 0 spiro atoms. The Hall–Kier alpha value is -1.88. The Morgan fingerprint density at radius 2 is 1.68 bits per heavy atom. The van der Waals surface area contributed by atoms with E-state index in [2.05, 4.69) is 15.5 Å². The zero-order chi connectivity index (χ0) is 17.5. The monoisotopic (exact) mass is 343 g/mol. The van der Waals surface area contributed by atoms with E-state index < -0.39 is 0 Å². The van der Waals surface area contributed by atoms with E-state index in [4.69, 9.17) is 0 Å². The molecule has 1 saturated heterocycles. The third kappa shape index (κ3) is 5.85. The van der Waals surface area contributed by atoms with Crippen LogP contribution in [0.5, 0.6) is 0 Å². The molecule has 1 aliphatic heterocycles. The second kappa shape index (κ2) is 8.99. The summed E-state index contributed by atoms with van der Waals surface area (Å²) in [5.74, 6) is -0.115. The van der Waals surface area contributed by atoms with Gasteiger partial charge in [-0.25, -0.2) is 0 Å². The standard InChI is InChI=1S/C20H29N3O2/c24-19(12-15-23-13-6-2-1-3-7-14-23)22-18-9-5-4-8-17(18)20(25)21-16-10-11-16/h4-5,8-9,16H,1-3,6-7,10-15H2,(H,21,25)(H,22,24). The smallest absolute Gasteiger partial charge is 0.253 e. The van der Waals surface area contributed by atoms with Gasteiger partial charge in [-0.3, -0.25) is 9.59 Å². The molecule has 2 amide bonds. The number of nitrogens with zero attached hydrogens (tertiary/aromatic N) is 1. The van der Waals surface area contributed by atoms with E-state index in [1.165, 1.54) is 32.1 Å². The summed E-state index contributed by atoms with van der Waals surface area (Å²) in [7, 11) is 0. The minimum atomic E-state index is -0.0952. The van der Waals surface area contributed by atoms with Gasteiger partial charge in [0.1, 0.15) is 0 Å². The fraction of sp³-hybridized carbons (Fsp3) is 0.600. The van der Waals surface area contributed by atoms with Crippen LogP contribution in [-0.4, -0.2) is 42.4 Å². The Balaban J connectivity index is 1.51. The van der Waals surface area contributed by atoms with E-state index in [0.29, 0.717) is 23.7 Å². The van der Waals surface area contributed by atoms with Gasteiger partial charge in [0, 0.05) is 19.0 Å². The summed E-state index contributed by atoms with van der Waals surface area (Å²) >= 11 is 0. The number of carbonyl (C=O) groups excluding carboxylic acids is 2. The molecule has 25 heavy (non-hydrogen) atoms. The van der Waals surface area contributed by atoms with Crippen LogP contribution in [-0.2, 0) is 4.79 Å². The van der Waals surface area contributed by atoms with Gasteiger partial charge in [-0.1, -0.05) is 31.4 Å². The van der Waals surface area contributed by atoms with Crippen molar-refractivity contribution in [3.63, 3.8) is 0 Å². The highest BCUT2D eigenvalue weighted by molar-refractivity contribution is 6.03. The Labute approximate surface area is 150 Å². The highest BCUT2D eigenvalue weighted by atomic mass is 16.2. The van der Waals surface area contributed by atoms with E-state index in [9.17, 15) is 9.59 Å². The van der Waals surface area contributed by atoms with Crippen LogP contribution >= 0.6 is 0 Å². The van der Waals surface area contributed by atoms with Gasteiger partial charge in [0.25, 0.3) is 5.91 Å². The molecule has 1 saturated carbocycles. The molecule has 0 unspecified atom stereocenters. The van der Waals surface area contributed by atoms with E-state index in [0.717, 1.165) is 32.5 Å². The van der Waals surface area contributed by atoms with Gasteiger partial charge < -0.3 is 15.5 Å². The summed E-state index contributed by atoms with van der Waals surface area (Å²) in [4.78, 5) is 27.0. The molecule has 1 aromatic carbocycles. The van der Waals surface area contributed by atoms with E-state index in [-0.39, 0.29) is 11.8 Å². The normalized spacial score (nSPS) is 18.9. The molecular weight excluding hydrogens is 314 g/mol. The summed E-state index contributed by atoms with van der Waals surface area (Å²) in [6.07, 6.45) is 8.97. The number of para-hydroxylation sites is 1. The molecule has 0 radical (unpaired) electrons. The first-order chi connectivity index (χ1) is 12.2. The fourth-order valence-corrected chi connectivity index (χ4v) is 3.29. The van der Waals surface area contributed by atoms with Crippen LogP contribution in [0.15, 0.2) is 24.3 Å². The van der Waals surface area contributed by atoms with Crippen LogP contribution in [0.4, 0.5) is 5.69 Å². The lowest BCUT2D eigenvalue weighted by Crippen LogP contribution is -2.31. The van der Waals surface area contributed by atoms with Crippen LogP contribution in [0.3, 0.4) is 0 Å². The first-order valence-electron chi connectivity index (χ1n) is 9.64. The van der Waals surface area contributed by atoms with E-state index >= 15 is 0 Å². The Bertz CT molecular complexity index is 590. The molecule has 0 bridgehead atoms. The van der Waals surface area contributed by atoms with Crippen molar-refractivity contribution in [1.29, 1.82) is 0 Å². The number of hydrogen-bond donors (Lipinski definition) is 2. The molecule has 0 aromatic heterocycles. The third-order valence-electron chi connectivity index (χ3n) is 4.96. The average molecular weight is 343 g/mol. The molecule has 1 aromatic rings. The number of rotatable bonds is 6. The largest absolute Gasteiger partial charge is 0.349 e. The lowest BCUT2D eigenvalue weighted by molar-refractivity contribution is -0.116. The highest BCUT2D eigenvalue weighted by Crippen LogP contribution is 2.21. The summed E-state index contributed by atoms with van der Waals surface area (Å²) in [5, 5.41) is 5.91. The number of benzene rings is 1. The Morgan fingerprint density at radius 1 is 1.00 bits per heavy atom. The number of amides is 2. The summed E-state index contributed by atoms with van der Waals surface area (Å²) in [6.45, 7) is 2.98. The number of hydrogen-bond acceptors (Lipinski definition) is 3. The maximum Gasteiger partial charge on any atom is 0.253 e. The van der Waals surface area contributed by atoms with Crippen molar-refractivity contribution in [2.45, 2.75) is 57.4 Å².